The predicted octanol–water partition coefficient (Wildman–Crippen LogP) is 14.5. The first-order chi connectivity index (χ1) is 41.5. The maximum atomic E-state index is 17.2. The topological polar surface area (TPSA) is 105 Å². The molecular weight excluding hydrogens is 1050 g/mol. The number of esters is 2. The highest BCUT2D eigenvalue weighted by atomic mass is 16.6. The van der Waals surface area contributed by atoms with Gasteiger partial charge < -0.3 is 25.2 Å². The number of hydrogen-bond acceptors (Lipinski definition) is 8. The minimum absolute atomic E-state index is 0.0271. The minimum Gasteiger partial charge on any atom is -0.509 e. The van der Waals surface area contributed by atoms with Crippen molar-refractivity contribution in [3.8, 4) is 11.8 Å². The van der Waals surface area contributed by atoms with Crippen LogP contribution in [0.2, 0.25) is 0 Å². The van der Waals surface area contributed by atoms with Gasteiger partial charge in [-0.3, -0.25) is 9.69 Å². The Bertz CT molecular complexity index is 3480. The normalized spacial score (nSPS) is 51.3. The van der Waals surface area contributed by atoms with E-state index < -0.39 is 16.4 Å². The Morgan fingerprint density at radius 3 is 2.61 bits per heavy atom. The SMILES string of the molecule is CC1CC2=C3C4C5=C6C7CC14CCC7=CC(C1CCCCC1)CC1C64C(=O)OC(=C(O)CC6C7CC8(CCCC8)C8(CCCC89CCCC9C#CCC8C9CN3C3C(C2)C2C=CC3(CN68)C9C2)C7)C4(CC5)C12OC(=O)c1c(CCCN)cccc12. The molecule has 22 rings (SSSR count). The van der Waals surface area contributed by atoms with Crippen LogP contribution >= 0.6 is 0 Å². The molecule has 21 unspecified atom stereocenters. The first kappa shape index (κ1) is 50.8. The molecule has 7 heterocycles. The maximum absolute atomic E-state index is 17.2. The number of ether oxygens (including phenoxy) is 2. The Kier molecular flexibility index (Phi) is 9.83. The fraction of sp³-hybridized carbons (Fsp3) is 0.740. The highest BCUT2D eigenvalue weighted by Crippen LogP contribution is 2.90. The summed E-state index contributed by atoms with van der Waals surface area (Å²) in [5.74, 6) is 13.7. The van der Waals surface area contributed by atoms with Crippen molar-refractivity contribution in [3.63, 3.8) is 0 Å². The standard InChI is InChI=1S/C77H93N3O5/c1-43-32-49-34-53-47-21-29-72-42-80-58-19-8-16-51-17-9-25-73(51)26-11-27-74(73)39-50(38-70(74)23-5-6-24-70)59(80)37-60(81)67-75-30-22-52-63-54-40-71(43,64(52)65(49)79(66(53)72)41-55(58)57(72)35-47)28-20-46(54)33-48(44-12-3-2-4-13-44)36-61(76(63,75)69(83)84-67)77(75)56-18-7-14-45(15-10-31-78)62(56)68(82)85-77/h7,14,18,21,29,33,43-44,47-48,50-51,53-55,57-59,61,64,66,81H,2-6,9-13,15,17,19-20,22-28,30-32,34-42,78H2,1H3. The van der Waals surface area contributed by atoms with Crippen LogP contribution in [0.3, 0.4) is 0 Å². The maximum Gasteiger partial charge on any atom is 0.339 e. The number of fused-ring (bicyclic) bond motifs is 7. The van der Waals surface area contributed by atoms with Crippen molar-refractivity contribution < 1.29 is 24.2 Å². The minimum atomic E-state index is -1.17. The Hall–Kier alpha value is -4.06. The van der Waals surface area contributed by atoms with Crippen LogP contribution in [0, 0.1) is 121 Å². The number of aliphatic hydroxyl groups is 1. The van der Waals surface area contributed by atoms with Crippen molar-refractivity contribution >= 4 is 11.9 Å². The van der Waals surface area contributed by atoms with E-state index in [-0.39, 0.29) is 69.4 Å². The molecule has 3 N–H and O–H groups in total. The van der Waals surface area contributed by atoms with Crippen LogP contribution in [0.25, 0.3) is 0 Å². The van der Waals surface area contributed by atoms with E-state index in [9.17, 15) is 5.11 Å². The molecule has 446 valence electrons. The van der Waals surface area contributed by atoms with Crippen LogP contribution in [0.4, 0.5) is 0 Å². The molecule has 8 saturated carbocycles. The second-order valence-electron chi connectivity index (χ2n) is 34.1. The third-order valence-corrected chi connectivity index (χ3v) is 32.8. The van der Waals surface area contributed by atoms with Crippen LogP contribution in [-0.2, 0) is 26.3 Å². The zero-order valence-electron chi connectivity index (χ0n) is 51.0. The molecule has 14 bridgehead atoms. The lowest BCUT2D eigenvalue weighted by Crippen LogP contribution is -2.79. The number of aliphatic hydroxyl groups excluding tert-OH is 1. The Morgan fingerprint density at radius 1 is 0.847 bits per heavy atom. The lowest BCUT2D eigenvalue weighted by molar-refractivity contribution is -0.284. The van der Waals surface area contributed by atoms with Gasteiger partial charge in [0.2, 0.25) is 0 Å². The van der Waals surface area contributed by atoms with Gasteiger partial charge in [0, 0.05) is 84.4 Å². The molecule has 0 aromatic heterocycles. The highest BCUT2D eigenvalue weighted by molar-refractivity contribution is 6.00. The molecule has 1 aromatic rings. The van der Waals surface area contributed by atoms with Crippen molar-refractivity contribution in [2.24, 2.45) is 115 Å². The van der Waals surface area contributed by atoms with Crippen molar-refractivity contribution in [3.05, 3.63) is 92.6 Å². The summed E-state index contributed by atoms with van der Waals surface area (Å²) in [6, 6.07) is 7.41. The molecule has 8 heteroatoms. The first-order valence-electron chi connectivity index (χ1n) is 36.1. The van der Waals surface area contributed by atoms with Crippen LogP contribution in [0.5, 0.6) is 0 Å². The molecule has 21 atom stereocenters. The summed E-state index contributed by atoms with van der Waals surface area (Å²) in [5.41, 5.74) is 14.8. The van der Waals surface area contributed by atoms with Gasteiger partial charge in [-0.2, -0.15) is 0 Å². The molecule has 0 amide bonds. The number of piperidine rings is 2. The third-order valence-electron chi connectivity index (χ3n) is 32.8. The van der Waals surface area contributed by atoms with Crippen LogP contribution in [0.15, 0.2) is 75.9 Å². The lowest BCUT2D eigenvalue weighted by atomic mass is 9.26. The number of nitrogens with two attached hydrogens (primary N) is 1. The van der Waals surface area contributed by atoms with Crippen molar-refractivity contribution in [1.82, 2.24) is 9.80 Å². The second-order valence-corrected chi connectivity index (χ2v) is 34.1. The molecule has 3 saturated heterocycles. The summed E-state index contributed by atoms with van der Waals surface area (Å²) < 4.78 is 15.3. The zero-order chi connectivity index (χ0) is 56.1. The van der Waals surface area contributed by atoms with Gasteiger partial charge in [0.15, 0.2) is 11.4 Å². The van der Waals surface area contributed by atoms with Crippen molar-refractivity contribution in [1.29, 1.82) is 0 Å². The largest absolute Gasteiger partial charge is 0.509 e. The summed E-state index contributed by atoms with van der Waals surface area (Å²) in [7, 11) is 0. The van der Waals surface area contributed by atoms with E-state index in [0.29, 0.717) is 102 Å². The van der Waals surface area contributed by atoms with Crippen molar-refractivity contribution in [2.45, 2.75) is 223 Å². The lowest BCUT2D eigenvalue weighted by Gasteiger charge is -2.76. The number of carbonyl (C=O) groups is 2. The molecule has 8 spiro atoms. The number of rotatable bonds is 4. The van der Waals surface area contributed by atoms with Gasteiger partial charge in [-0.05, 0) is 227 Å². The van der Waals surface area contributed by atoms with E-state index in [2.05, 4.69) is 65.0 Å². The molecule has 7 aliphatic heterocycles. The van der Waals surface area contributed by atoms with Crippen LogP contribution in [0.1, 0.15) is 215 Å². The Labute approximate surface area is 505 Å². The van der Waals surface area contributed by atoms with Gasteiger partial charge in [-0.15, -0.1) is 5.92 Å². The van der Waals surface area contributed by atoms with E-state index in [0.717, 1.165) is 62.7 Å². The van der Waals surface area contributed by atoms with Gasteiger partial charge in [-0.25, -0.2) is 4.79 Å². The molecule has 85 heavy (non-hydrogen) atoms. The van der Waals surface area contributed by atoms with Gasteiger partial charge in [0.05, 0.1) is 11.0 Å². The molecule has 8 nitrogen and oxygen atoms in total. The smallest absolute Gasteiger partial charge is 0.339 e. The van der Waals surface area contributed by atoms with Gasteiger partial charge in [-0.1, -0.05) is 105 Å². The fourth-order valence-electron chi connectivity index (χ4n) is 30.7. The van der Waals surface area contributed by atoms with Gasteiger partial charge >= 0.3 is 11.9 Å². The van der Waals surface area contributed by atoms with Crippen molar-refractivity contribution in [2.75, 3.05) is 19.6 Å². The summed E-state index contributed by atoms with van der Waals surface area (Å²) in [6.07, 6.45) is 43.0. The molecular formula is C77H93N3O5. The number of carbonyl (C=O) groups excluding carboxylic acids is 2. The third kappa shape index (κ3) is 5.36. The number of aryl methyl sites for hydroxylation is 1. The monoisotopic (exact) mass is 1140 g/mol. The summed E-state index contributed by atoms with van der Waals surface area (Å²) in [6.45, 7) is 5.40. The quantitative estimate of drug-likeness (QED) is 0.175. The number of benzene rings is 1. The first-order valence-corrected chi connectivity index (χ1v) is 36.1. The zero-order valence-corrected chi connectivity index (χ0v) is 51.0. The molecule has 0 radical (unpaired) electrons. The van der Waals surface area contributed by atoms with E-state index in [1.165, 1.54) is 140 Å². The van der Waals surface area contributed by atoms with Gasteiger partial charge in [0.1, 0.15) is 11.2 Å². The van der Waals surface area contributed by atoms with Crippen LogP contribution < -0.4 is 5.73 Å². The van der Waals surface area contributed by atoms with E-state index in [1.54, 1.807) is 22.4 Å². The van der Waals surface area contributed by atoms with E-state index in [1.807, 2.05) is 0 Å². The molecule has 14 aliphatic carbocycles. The Balaban J connectivity index is 0.866. The van der Waals surface area contributed by atoms with Gasteiger partial charge in [0.25, 0.3) is 0 Å². The number of allylic oxidation sites excluding steroid dienone is 5. The summed E-state index contributed by atoms with van der Waals surface area (Å²) in [4.78, 5) is 39.3. The van der Waals surface area contributed by atoms with E-state index in [4.69, 9.17) is 15.2 Å². The van der Waals surface area contributed by atoms with E-state index >= 15 is 9.59 Å². The average molecular weight is 1140 g/mol. The molecule has 1 aromatic carbocycles. The average Bonchev–Trinajstić information content (AvgIpc) is 1.54. The van der Waals surface area contributed by atoms with Crippen LogP contribution in [-0.4, -0.2) is 64.6 Å². The summed E-state index contributed by atoms with van der Waals surface area (Å²) in [5, 5.41) is 14.6. The molecule has 21 aliphatic rings. The fourth-order valence-corrected chi connectivity index (χ4v) is 30.7. The highest BCUT2D eigenvalue weighted by Gasteiger charge is 2.94. The predicted molar refractivity (Wildman–Crippen MR) is 324 cm³/mol. The molecule has 11 fully saturated rings. The summed E-state index contributed by atoms with van der Waals surface area (Å²) >= 11 is 0. The number of nitrogens with zero attached hydrogens (tertiary/aromatic N) is 2. The second kappa shape index (κ2) is 16.5. The number of hydrogen-bond donors (Lipinski definition) is 2. The Morgan fingerprint density at radius 2 is 1.73 bits per heavy atom.